The summed E-state index contributed by atoms with van der Waals surface area (Å²) in [4.78, 5) is 11.3. The first-order chi connectivity index (χ1) is 9.81. The highest BCUT2D eigenvalue weighted by Gasteiger charge is 2.24. The van der Waals surface area contributed by atoms with Crippen molar-refractivity contribution in [2.45, 2.75) is 38.1 Å². The van der Waals surface area contributed by atoms with Crippen LogP contribution in [0.5, 0.6) is 0 Å². The Morgan fingerprint density at radius 3 is 2.85 bits per heavy atom. The Morgan fingerprint density at radius 2 is 2.10 bits per heavy atom. The van der Waals surface area contributed by atoms with E-state index in [4.69, 9.17) is 0 Å². The Hall–Kier alpha value is -1.62. The van der Waals surface area contributed by atoms with Gasteiger partial charge in [-0.05, 0) is 18.9 Å². The lowest BCUT2D eigenvalue weighted by atomic mass is 9.94. The van der Waals surface area contributed by atoms with Crippen molar-refractivity contribution in [1.29, 1.82) is 0 Å². The van der Waals surface area contributed by atoms with Crippen LogP contribution in [0, 0.1) is 0 Å². The van der Waals surface area contributed by atoms with E-state index in [9.17, 15) is 5.11 Å². The molecule has 3 rings (SSSR count). The Labute approximate surface area is 119 Å². The molecule has 2 aromatic heterocycles. The van der Waals surface area contributed by atoms with E-state index in [1.165, 1.54) is 32.1 Å². The van der Waals surface area contributed by atoms with Crippen molar-refractivity contribution in [1.82, 2.24) is 14.5 Å². The molecule has 0 unspecified atom stereocenters. The maximum Gasteiger partial charge on any atom is 0.157 e. The lowest BCUT2D eigenvalue weighted by Crippen LogP contribution is -2.39. The van der Waals surface area contributed by atoms with Crippen molar-refractivity contribution in [3.05, 3.63) is 18.6 Å². The second-order valence-corrected chi connectivity index (χ2v) is 5.57. The van der Waals surface area contributed by atoms with Gasteiger partial charge in [-0.15, -0.1) is 0 Å². The van der Waals surface area contributed by atoms with Gasteiger partial charge in [-0.1, -0.05) is 19.3 Å². The van der Waals surface area contributed by atoms with Crippen LogP contribution < -0.4 is 4.90 Å². The largest absolute Gasteiger partial charge is 0.395 e. The van der Waals surface area contributed by atoms with E-state index in [-0.39, 0.29) is 6.61 Å². The summed E-state index contributed by atoms with van der Waals surface area (Å²) in [6.07, 6.45) is 9.90. The van der Waals surface area contributed by atoms with Gasteiger partial charge in [0.2, 0.25) is 0 Å². The van der Waals surface area contributed by atoms with Crippen LogP contribution in [0.15, 0.2) is 18.6 Å². The molecule has 0 spiro atoms. The van der Waals surface area contributed by atoms with Crippen molar-refractivity contribution in [2.75, 3.05) is 18.1 Å². The molecule has 1 N–H and O–H groups in total. The Balaban J connectivity index is 2.00. The molecule has 0 aliphatic heterocycles. The predicted octanol–water partition coefficient (Wildman–Crippen LogP) is 2.10. The Kier molecular flexibility index (Phi) is 3.87. The third-order valence-electron chi connectivity index (χ3n) is 4.25. The van der Waals surface area contributed by atoms with Crippen molar-refractivity contribution >= 4 is 16.9 Å². The van der Waals surface area contributed by atoms with Crippen LogP contribution in [-0.2, 0) is 7.05 Å². The summed E-state index contributed by atoms with van der Waals surface area (Å²) >= 11 is 0. The molecule has 2 heterocycles. The smallest absolute Gasteiger partial charge is 0.157 e. The highest BCUT2D eigenvalue weighted by atomic mass is 16.3. The summed E-state index contributed by atoms with van der Waals surface area (Å²) in [5, 5.41) is 9.41. The average Bonchev–Trinajstić information content (AvgIpc) is 2.88. The van der Waals surface area contributed by atoms with E-state index in [1.807, 2.05) is 30.2 Å². The van der Waals surface area contributed by atoms with Gasteiger partial charge in [-0.2, -0.15) is 0 Å². The summed E-state index contributed by atoms with van der Waals surface area (Å²) in [6.45, 7) is 0.786. The molecule has 2 aromatic rings. The van der Waals surface area contributed by atoms with Crippen LogP contribution in [0.25, 0.3) is 11.0 Å². The van der Waals surface area contributed by atoms with Crippen LogP contribution >= 0.6 is 0 Å². The number of pyridine rings is 1. The molecule has 1 fully saturated rings. The standard InChI is InChI=1S/C15H22N4O/c1-18-11-17-14-13(18)7-8-16-15(14)19(9-10-20)12-5-3-2-4-6-12/h7-8,11-12,20H,2-6,9-10H2,1H3. The van der Waals surface area contributed by atoms with Gasteiger partial charge in [0.15, 0.2) is 5.82 Å². The summed E-state index contributed by atoms with van der Waals surface area (Å²) in [7, 11) is 2.00. The quantitative estimate of drug-likeness (QED) is 0.927. The van der Waals surface area contributed by atoms with Gasteiger partial charge in [0, 0.05) is 25.8 Å². The van der Waals surface area contributed by atoms with Gasteiger partial charge in [-0.25, -0.2) is 9.97 Å². The van der Waals surface area contributed by atoms with Crippen LogP contribution in [-0.4, -0.2) is 38.8 Å². The first kappa shape index (κ1) is 13.4. The van der Waals surface area contributed by atoms with Crippen molar-refractivity contribution < 1.29 is 5.11 Å². The number of hydrogen-bond donors (Lipinski definition) is 1. The minimum absolute atomic E-state index is 0.154. The number of aryl methyl sites for hydroxylation is 1. The Morgan fingerprint density at radius 1 is 1.30 bits per heavy atom. The maximum atomic E-state index is 9.41. The number of nitrogens with zero attached hydrogens (tertiary/aromatic N) is 4. The normalized spacial score (nSPS) is 16.7. The molecule has 1 saturated carbocycles. The molecule has 1 aliphatic carbocycles. The average molecular weight is 274 g/mol. The minimum Gasteiger partial charge on any atom is -0.395 e. The van der Waals surface area contributed by atoms with E-state index in [2.05, 4.69) is 14.9 Å². The van der Waals surface area contributed by atoms with E-state index in [1.54, 1.807) is 0 Å². The summed E-state index contributed by atoms with van der Waals surface area (Å²) < 4.78 is 2.01. The van der Waals surface area contributed by atoms with Crippen molar-refractivity contribution in [2.24, 2.45) is 7.05 Å². The molecule has 5 heteroatoms. The third kappa shape index (κ3) is 2.38. The van der Waals surface area contributed by atoms with Gasteiger partial charge in [0.1, 0.15) is 5.52 Å². The number of imidazole rings is 1. The molecule has 0 amide bonds. The Bertz CT molecular complexity index is 574. The van der Waals surface area contributed by atoms with Crippen LogP contribution in [0.4, 0.5) is 5.82 Å². The summed E-state index contributed by atoms with van der Waals surface area (Å²) in [5.41, 5.74) is 2.03. The van der Waals surface area contributed by atoms with Crippen molar-refractivity contribution in [3.63, 3.8) is 0 Å². The van der Waals surface area contributed by atoms with E-state index in [0.29, 0.717) is 12.6 Å². The second-order valence-electron chi connectivity index (χ2n) is 5.57. The topological polar surface area (TPSA) is 54.2 Å². The molecule has 108 valence electrons. The number of aliphatic hydroxyl groups excluding tert-OH is 1. The van der Waals surface area contributed by atoms with E-state index in [0.717, 1.165) is 16.9 Å². The fraction of sp³-hybridized carbons (Fsp3) is 0.600. The third-order valence-corrected chi connectivity index (χ3v) is 4.25. The zero-order valence-electron chi connectivity index (χ0n) is 12.0. The first-order valence-corrected chi connectivity index (χ1v) is 7.45. The van der Waals surface area contributed by atoms with E-state index < -0.39 is 0 Å². The maximum absolute atomic E-state index is 9.41. The minimum atomic E-state index is 0.154. The van der Waals surface area contributed by atoms with E-state index >= 15 is 0 Å². The van der Waals surface area contributed by atoms with Crippen LogP contribution in [0.1, 0.15) is 32.1 Å². The highest BCUT2D eigenvalue weighted by Crippen LogP contribution is 2.29. The monoisotopic (exact) mass is 274 g/mol. The fourth-order valence-corrected chi connectivity index (χ4v) is 3.22. The molecule has 0 atom stereocenters. The number of anilines is 1. The SMILES string of the molecule is Cn1cnc2c(N(CCO)C3CCCCC3)nccc21. The molecular formula is C15H22N4O. The zero-order chi connectivity index (χ0) is 13.9. The number of aromatic nitrogens is 3. The molecular weight excluding hydrogens is 252 g/mol. The number of fused-ring (bicyclic) bond motifs is 1. The molecule has 0 bridgehead atoms. The highest BCUT2D eigenvalue weighted by molar-refractivity contribution is 5.86. The summed E-state index contributed by atoms with van der Waals surface area (Å²) in [5.74, 6) is 0.920. The van der Waals surface area contributed by atoms with Gasteiger partial charge in [0.25, 0.3) is 0 Å². The molecule has 5 nitrogen and oxygen atoms in total. The molecule has 1 aliphatic rings. The second kappa shape index (κ2) is 5.79. The summed E-state index contributed by atoms with van der Waals surface area (Å²) in [6, 6.07) is 2.47. The lowest BCUT2D eigenvalue weighted by molar-refractivity contribution is 0.289. The van der Waals surface area contributed by atoms with Gasteiger partial charge in [0.05, 0.1) is 18.5 Å². The molecule has 0 saturated heterocycles. The number of hydrogen-bond acceptors (Lipinski definition) is 4. The molecule has 0 aromatic carbocycles. The number of aliphatic hydroxyl groups is 1. The number of rotatable bonds is 4. The first-order valence-electron chi connectivity index (χ1n) is 7.45. The van der Waals surface area contributed by atoms with Crippen molar-refractivity contribution in [3.8, 4) is 0 Å². The predicted molar refractivity (Wildman–Crippen MR) is 79.8 cm³/mol. The van der Waals surface area contributed by atoms with Gasteiger partial charge < -0.3 is 14.6 Å². The lowest BCUT2D eigenvalue weighted by Gasteiger charge is -2.35. The fourth-order valence-electron chi connectivity index (χ4n) is 3.22. The van der Waals surface area contributed by atoms with Gasteiger partial charge in [-0.3, -0.25) is 0 Å². The zero-order valence-corrected chi connectivity index (χ0v) is 12.0. The molecule has 20 heavy (non-hydrogen) atoms. The van der Waals surface area contributed by atoms with Crippen LogP contribution in [0.3, 0.4) is 0 Å². The van der Waals surface area contributed by atoms with Gasteiger partial charge >= 0.3 is 0 Å². The van der Waals surface area contributed by atoms with Crippen LogP contribution in [0.2, 0.25) is 0 Å². The molecule has 0 radical (unpaired) electrons.